The molecule has 1 aliphatic heterocycles. The molecular formula is C25H27N3OS3. The number of carbonyl (C=O) groups excluding carboxylic acids is 1. The summed E-state index contributed by atoms with van der Waals surface area (Å²) in [6.07, 6.45) is 8.50. The quantitative estimate of drug-likeness (QED) is 0.243. The average molecular weight is 482 g/mol. The van der Waals surface area contributed by atoms with E-state index in [-0.39, 0.29) is 5.91 Å². The molecule has 7 heteroatoms. The summed E-state index contributed by atoms with van der Waals surface area (Å²) in [5.74, 6) is 0.499. The van der Waals surface area contributed by atoms with Gasteiger partial charge in [-0.2, -0.15) is 5.10 Å². The molecule has 4 nitrogen and oxygen atoms in total. The van der Waals surface area contributed by atoms with Crippen LogP contribution in [0.2, 0.25) is 0 Å². The highest BCUT2D eigenvalue weighted by Crippen LogP contribution is 2.36. The highest BCUT2D eigenvalue weighted by Gasteiger charge is 2.33. The lowest BCUT2D eigenvalue weighted by atomic mass is 9.99. The van der Waals surface area contributed by atoms with Gasteiger partial charge < -0.3 is 0 Å². The lowest BCUT2D eigenvalue weighted by molar-refractivity contribution is -0.122. The fourth-order valence-electron chi connectivity index (χ4n) is 3.78. The highest BCUT2D eigenvalue weighted by molar-refractivity contribution is 8.26. The molecule has 2 aromatic heterocycles. The number of carbonyl (C=O) groups is 1. The van der Waals surface area contributed by atoms with E-state index >= 15 is 0 Å². The molecule has 0 N–H and O–H groups in total. The maximum Gasteiger partial charge on any atom is 0.266 e. The van der Waals surface area contributed by atoms with Crippen molar-refractivity contribution in [2.24, 2.45) is 5.92 Å². The fourth-order valence-corrected chi connectivity index (χ4v) is 5.78. The predicted octanol–water partition coefficient (Wildman–Crippen LogP) is 7.02. The Morgan fingerprint density at radius 3 is 2.66 bits per heavy atom. The number of thiophene rings is 1. The van der Waals surface area contributed by atoms with Gasteiger partial charge in [-0.15, -0.1) is 11.3 Å². The Bertz CT molecular complexity index is 1100. The number of benzene rings is 1. The Morgan fingerprint density at radius 2 is 1.97 bits per heavy atom. The second kappa shape index (κ2) is 10.6. The van der Waals surface area contributed by atoms with Gasteiger partial charge in [-0.25, -0.2) is 4.68 Å². The van der Waals surface area contributed by atoms with Crippen LogP contribution in [0, 0.1) is 5.92 Å². The van der Waals surface area contributed by atoms with E-state index < -0.39 is 0 Å². The molecule has 1 saturated heterocycles. The smallest absolute Gasteiger partial charge is 0.266 e. The number of hydrogen-bond acceptors (Lipinski definition) is 5. The Balaban J connectivity index is 1.64. The zero-order chi connectivity index (χ0) is 22.5. The molecule has 1 aromatic carbocycles. The van der Waals surface area contributed by atoms with Crippen molar-refractivity contribution < 1.29 is 4.79 Å². The molecule has 1 atom stereocenters. The van der Waals surface area contributed by atoms with E-state index in [1.807, 2.05) is 58.7 Å². The van der Waals surface area contributed by atoms with Crippen LogP contribution in [0.3, 0.4) is 0 Å². The number of thioether (sulfide) groups is 1. The zero-order valence-corrected chi connectivity index (χ0v) is 20.8. The molecule has 0 unspecified atom stereocenters. The summed E-state index contributed by atoms with van der Waals surface area (Å²) >= 11 is 8.64. The van der Waals surface area contributed by atoms with Gasteiger partial charge >= 0.3 is 0 Å². The van der Waals surface area contributed by atoms with Crippen LogP contribution in [0.4, 0.5) is 0 Å². The second-order valence-corrected chi connectivity index (χ2v) is 10.5. The minimum atomic E-state index is 0.0135. The van der Waals surface area contributed by atoms with Crippen LogP contribution >= 0.6 is 35.3 Å². The second-order valence-electron chi connectivity index (χ2n) is 7.90. The molecule has 3 aromatic rings. The summed E-state index contributed by atoms with van der Waals surface area (Å²) in [5.41, 5.74) is 2.79. The third-order valence-corrected chi connectivity index (χ3v) is 7.92. The number of nitrogens with zero attached hydrogens (tertiary/aromatic N) is 3. The number of hydrogen-bond donors (Lipinski definition) is 0. The van der Waals surface area contributed by atoms with E-state index in [0.717, 1.165) is 34.7 Å². The first-order valence-electron chi connectivity index (χ1n) is 11.0. The summed E-state index contributed by atoms with van der Waals surface area (Å²) in [6, 6.07) is 14.1. The maximum atomic E-state index is 13.2. The van der Waals surface area contributed by atoms with Crippen LogP contribution in [-0.4, -0.2) is 31.5 Å². The number of unbranched alkanes of at least 4 members (excludes halogenated alkanes) is 1. The van der Waals surface area contributed by atoms with Crippen molar-refractivity contribution in [3.05, 3.63) is 64.5 Å². The van der Waals surface area contributed by atoms with Crippen LogP contribution in [0.5, 0.6) is 0 Å². The number of thiocarbonyl (C=S) groups is 1. The van der Waals surface area contributed by atoms with Gasteiger partial charge in [0.2, 0.25) is 0 Å². The first-order valence-corrected chi connectivity index (χ1v) is 13.2. The third-order valence-electron chi connectivity index (χ3n) is 5.66. The van der Waals surface area contributed by atoms with E-state index in [2.05, 4.69) is 19.9 Å². The van der Waals surface area contributed by atoms with E-state index in [0.29, 0.717) is 21.7 Å². The van der Waals surface area contributed by atoms with Crippen molar-refractivity contribution in [3.8, 4) is 16.3 Å². The average Bonchev–Trinajstić information content (AvgIpc) is 3.54. The molecule has 0 bridgehead atoms. The topological polar surface area (TPSA) is 38.1 Å². The standard InChI is InChI=1S/C25H27N3OS3/c1-3-5-10-18(4-2)16-27-24(29)22(32-25(27)30)15-19-17-28(20-11-7-6-8-12-20)26-23(19)21-13-9-14-31-21/h6-9,11-15,17-18H,3-5,10,16H2,1-2H3/b22-15-/t18-/m1/s1. The van der Waals surface area contributed by atoms with E-state index in [4.69, 9.17) is 17.3 Å². The molecule has 4 rings (SSSR count). The first-order chi connectivity index (χ1) is 15.6. The van der Waals surface area contributed by atoms with Crippen LogP contribution in [0.1, 0.15) is 45.1 Å². The number of aromatic nitrogens is 2. The monoisotopic (exact) mass is 481 g/mol. The van der Waals surface area contributed by atoms with Crippen molar-refractivity contribution >= 4 is 51.6 Å². The molecular weight excluding hydrogens is 454 g/mol. The lowest BCUT2D eigenvalue weighted by Gasteiger charge is -2.21. The van der Waals surface area contributed by atoms with E-state index in [1.165, 1.54) is 24.6 Å². The van der Waals surface area contributed by atoms with Gasteiger partial charge in [0.1, 0.15) is 10.0 Å². The largest absolute Gasteiger partial charge is 0.293 e. The molecule has 1 fully saturated rings. The van der Waals surface area contributed by atoms with Crippen LogP contribution < -0.4 is 0 Å². The van der Waals surface area contributed by atoms with E-state index in [9.17, 15) is 4.79 Å². The summed E-state index contributed by atoms with van der Waals surface area (Å²) in [7, 11) is 0. The van der Waals surface area contributed by atoms with Crippen LogP contribution in [-0.2, 0) is 4.79 Å². The molecule has 0 radical (unpaired) electrons. The molecule has 1 amide bonds. The normalized spacial score (nSPS) is 16.3. The van der Waals surface area contributed by atoms with Gasteiger partial charge in [0.15, 0.2) is 0 Å². The lowest BCUT2D eigenvalue weighted by Crippen LogP contribution is -2.33. The Labute approximate surface area is 203 Å². The molecule has 166 valence electrons. The highest BCUT2D eigenvalue weighted by atomic mass is 32.2. The Morgan fingerprint density at radius 1 is 1.16 bits per heavy atom. The van der Waals surface area contributed by atoms with Gasteiger partial charge in [-0.1, -0.05) is 81.4 Å². The van der Waals surface area contributed by atoms with Gasteiger partial charge in [0, 0.05) is 18.3 Å². The van der Waals surface area contributed by atoms with Crippen LogP contribution in [0.25, 0.3) is 22.3 Å². The Hall–Kier alpha value is -2.22. The number of para-hydroxylation sites is 1. The van der Waals surface area contributed by atoms with Gasteiger partial charge in [0.25, 0.3) is 5.91 Å². The molecule has 32 heavy (non-hydrogen) atoms. The van der Waals surface area contributed by atoms with Crippen molar-refractivity contribution in [2.45, 2.75) is 39.5 Å². The molecule has 0 aliphatic carbocycles. The zero-order valence-electron chi connectivity index (χ0n) is 18.4. The molecule has 1 aliphatic rings. The van der Waals surface area contributed by atoms with Crippen molar-refractivity contribution in [3.63, 3.8) is 0 Å². The summed E-state index contributed by atoms with van der Waals surface area (Å²) in [4.78, 5) is 16.8. The number of rotatable bonds is 9. The van der Waals surface area contributed by atoms with Gasteiger partial charge in [-0.3, -0.25) is 9.69 Å². The molecule has 3 heterocycles. The van der Waals surface area contributed by atoms with Crippen molar-refractivity contribution in [1.82, 2.24) is 14.7 Å². The SMILES string of the molecule is CCCC[C@@H](CC)CN1C(=O)/C(=C/c2cn(-c3ccccc3)nc2-c2cccs2)SC1=S. The first kappa shape index (κ1) is 23.0. The third kappa shape index (κ3) is 5.05. The van der Waals surface area contributed by atoms with Crippen LogP contribution in [0.15, 0.2) is 58.9 Å². The maximum absolute atomic E-state index is 13.2. The number of amides is 1. The van der Waals surface area contributed by atoms with Crippen molar-refractivity contribution in [1.29, 1.82) is 0 Å². The van der Waals surface area contributed by atoms with E-state index in [1.54, 1.807) is 16.2 Å². The molecule has 0 spiro atoms. The summed E-state index contributed by atoms with van der Waals surface area (Å²) in [5, 5.41) is 6.88. The van der Waals surface area contributed by atoms with Gasteiger partial charge in [0.05, 0.1) is 15.5 Å². The predicted molar refractivity (Wildman–Crippen MR) is 140 cm³/mol. The van der Waals surface area contributed by atoms with Crippen molar-refractivity contribution in [2.75, 3.05) is 6.54 Å². The summed E-state index contributed by atoms with van der Waals surface area (Å²) in [6.45, 7) is 5.11. The minimum absolute atomic E-state index is 0.0135. The summed E-state index contributed by atoms with van der Waals surface area (Å²) < 4.78 is 2.53. The molecule has 0 saturated carbocycles. The fraction of sp³-hybridized carbons (Fsp3) is 0.320. The minimum Gasteiger partial charge on any atom is -0.293 e. The van der Waals surface area contributed by atoms with Gasteiger partial charge in [-0.05, 0) is 42.0 Å². The Kier molecular flexibility index (Phi) is 7.60.